The molecule has 0 saturated carbocycles. The van der Waals surface area contributed by atoms with Crippen molar-refractivity contribution >= 4 is 18.5 Å². The summed E-state index contributed by atoms with van der Waals surface area (Å²) in [5, 5.41) is 22.3. The van der Waals surface area contributed by atoms with E-state index in [-0.39, 0.29) is 31.1 Å². The Kier molecular flexibility index (Phi) is 4.96. The zero-order chi connectivity index (χ0) is 8.27. The second-order valence-corrected chi connectivity index (χ2v) is 2.67. The quantitative estimate of drug-likeness (QED) is 0.476. The zero-order valence-electron chi connectivity index (χ0n) is 6.49. The van der Waals surface area contributed by atoms with Crippen molar-refractivity contribution in [3.8, 4) is 0 Å². The molecule has 0 aromatic heterocycles. The van der Waals surface area contributed by atoms with E-state index in [0.717, 1.165) is 0 Å². The van der Waals surface area contributed by atoms with Crippen molar-refractivity contribution in [2.75, 3.05) is 13.2 Å². The van der Waals surface area contributed by atoms with Crippen LogP contribution in [0.25, 0.3) is 0 Å². The molecule has 1 heterocycles. The Morgan fingerprint density at radius 2 is 2.33 bits per heavy atom. The normalized spacial score (nSPS) is 27.8. The molecule has 12 heavy (non-hydrogen) atoms. The number of carbonyl (C=O) groups is 1. The molecule has 0 aromatic rings. The maximum Gasteiger partial charge on any atom is 0.404 e. The Morgan fingerprint density at radius 3 is 2.75 bits per heavy atom. The van der Waals surface area contributed by atoms with Gasteiger partial charge >= 0.3 is 6.09 Å². The van der Waals surface area contributed by atoms with Gasteiger partial charge in [-0.25, -0.2) is 4.79 Å². The molecule has 1 amide bonds. The Balaban J connectivity index is 0.00000121. The summed E-state index contributed by atoms with van der Waals surface area (Å²) in [7, 11) is 0. The second-order valence-electron chi connectivity index (χ2n) is 2.67. The third-order valence-corrected chi connectivity index (χ3v) is 1.77. The van der Waals surface area contributed by atoms with E-state index in [0.29, 0.717) is 13.0 Å². The molecular weight excluding hydrogens is 184 g/mol. The lowest BCUT2D eigenvalue weighted by atomic mass is 10.2. The van der Waals surface area contributed by atoms with Gasteiger partial charge in [-0.3, -0.25) is 0 Å². The minimum absolute atomic E-state index is 0. The standard InChI is InChI=1S/C6H12N2O3.ClH/c9-3-5-1-4(2-7-5)8-6(10)11;/h4-5,7-9H,1-3H2,(H,10,11);1H/t4-,5-;/m0./s1. The van der Waals surface area contributed by atoms with Crippen LogP contribution in [-0.4, -0.2) is 41.5 Å². The van der Waals surface area contributed by atoms with Crippen LogP contribution in [0, 0.1) is 0 Å². The first-order valence-corrected chi connectivity index (χ1v) is 3.56. The summed E-state index contributed by atoms with van der Waals surface area (Å²) < 4.78 is 0. The van der Waals surface area contributed by atoms with E-state index in [1.54, 1.807) is 0 Å². The molecule has 1 aliphatic heterocycles. The molecule has 5 nitrogen and oxygen atoms in total. The Morgan fingerprint density at radius 1 is 1.67 bits per heavy atom. The van der Waals surface area contributed by atoms with Crippen LogP contribution in [-0.2, 0) is 0 Å². The molecule has 6 heteroatoms. The second kappa shape index (κ2) is 5.18. The number of hydrogen-bond acceptors (Lipinski definition) is 3. The van der Waals surface area contributed by atoms with Crippen molar-refractivity contribution in [3.05, 3.63) is 0 Å². The third kappa shape index (κ3) is 3.25. The number of aliphatic hydroxyl groups excluding tert-OH is 1. The van der Waals surface area contributed by atoms with Gasteiger partial charge < -0.3 is 20.8 Å². The van der Waals surface area contributed by atoms with Crippen LogP contribution in [0.5, 0.6) is 0 Å². The molecular formula is C6H13ClN2O3. The van der Waals surface area contributed by atoms with Gasteiger partial charge in [0.05, 0.1) is 6.61 Å². The van der Waals surface area contributed by atoms with E-state index in [1.165, 1.54) is 0 Å². The van der Waals surface area contributed by atoms with Gasteiger partial charge in [0.15, 0.2) is 0 Å². The third-order valence-electron chi connectivity index (χ3n) is 1.77. The summed E-state index contributed by atoms with van der Waals surface area (Å²) >= 11 is 0. The van der Waals surface area contributed by atoms with Gasteiger partial charge in [-0.1, -0.05) is 0 Å². The number of nitrogens with one attached hydrogen (secondary N) is 2. The highest BCUT2D eigenvalue weighted by Crippen LogP contribution is 2.04. The van der Waals surface area contributed by atoms with E-state index in [2.05, 4.69) is 10.6 Å². The van der Waals surface area contributed by atoms with Gasteiger partial charge in [-0.05, 0) is 6.42 Å². The minimum Gasteiger partial charge on any atom is -0.465 e. The van der Waals surface area contributed by atoms with E-state index in [9.17, 15) is 4.79 Å². The number of halogens is 1. The van der Waals surface area contributed by atoms with Crippen molar-refractivity contribution in [1.29, 1.82) is 0 Å². The maximum atomic E-state index is 10.1. The fraction of sp³-hybridized carbons (Fsp3) is 0.833. The van der Waals surface area contributed by atoms with Gasteiger partial charge in [0, 0.05) is 18.6 Å². The molecule has 0 spiro atoms. The van der Waals surface area contributed by atoms with Crippen molar-refractivity contribution in [1.82, 2.24) is 10.6 Å². The Bertz CT molecular complexity index is 156. The number of carboxylic acid groups (broad SMARTS) is 1. The van der Waals surface area contributed by atoms with Crippen molar-refractivity contribution in [2.24, 2.45) is 0 Å². The van der Waals surface area contributed by atoms with Gasteiger partial charge in [0.2, 0.25) is 0 Å². The first-order chi connectivity index (χ1) is 5.22. The average molecular weight is 197 g/mol. The molecule has 1 saturated heterocycles. The van der Waals surface area contributed by atoms with Crippen LogP contribution in [0.1, 0.15) is 6.42 Å². The summed E-state index contributed by atoms with van der Waals surface area (Å²) in [5.74, 6) is 0. The first-order valence-electron chi connectivity index (χ1n) is 3.56. The van der Waals surface area contributed by atoms with Crippen LogP contribution >= 0.6 is 12.4 Å². The molecule has 1 rings (SSSR count). The molecule has 0 unspecified atom stereocenters. The molecule has 1 fully saturated rings. The lowest BCUT2D eigenvalue weighted by molar-refractivity contribution is 0.190. The van der Waals surface area contributed by atoms with Crippen LogP contribution in [0.15, 0.2) is 0 Å². The van der Waals surface area contributed by atoms with Crippen molar-refractivity contribution < 1.29 is 15.0 Å². The number of hydrogen-bond donors (Lipinski definition) is 4. The van der Waals surface area contributed by atoms with E-state index in [4.69, 9.17) is 10.2 Å². The lowest BCUT2D eigenvalue weighted by Crippen LogP contribution is -2.34. The lowest BCUT2D eigenvalue weighted by Gasteiger charge is -2.07. The van der Waals surface area contributed by atoms with Crippen molar-refractivity contribution in [3.63, 3.8) is 0 Å². The van der Waals surface area contributed by atoms with Crippen LogP contribution < -0.4 is 10.6 Å². The number of aliphatic hydroxyl groups is 1. The molecule has 72 valence electrons. The fourth-order valence-electron chi connectivity index (χ4n) is 1.24. The highest BCUT2D eigenvalue weighted by Gasteiger charge is 2.23. The Labute approximate surface area is 76.6 Å². The predicted molar refractivity (Wildman–Crippen MR) is 45.7 cm³/mol. The highest BCUT2D eigenvalue weighted by atomic mass is 35.5. The fourth-order valence-corrected chi connectivity index (χ4v) is 1.24. The molecule has 0 aliphatic carbocycles. The summed E-state index contributed by atoms with van der Waals surface area (Å²) in [5.41, 5.74) is 0. The van der Waals surface area contributed by atoms with E-state index < -0.39 is 6.09 Å². The van der Waals surface area contributed by atoms with Crippen LogP contribution in [0.2, 0.25) is 0 Å². The smallest absolute Gasteiger partial charge is 0.404 e. The van der Waals surface area contributed by atoms with E-state index >= 15 is 0 Å². The number of amides is 1. The van der Waals surface area contributed by atoms with Crippen LogP contribution in [0.3, 0.4) is 0 Å². The van der Waals surface area contributed by atoms with E-state index in [1.807, 2.05) is 0 Å². The molecule has 0 radical (unpaired) electrons. The monoisotopic (exact) mass is 196 g/mol. The molecule has 1 aliphatic rings. The van der Waals surface area contributed by atoms with Crippen LogP contribution in [0.4, 0.5) is 4.79 Å². The summed E-state index contributed by atoms with van der Waals surface area (Å²) in [6.45, 7) is 0.676. The zero-order valence-corrected chi connectivity index (χ0v) is 7.30. The SMILES string of the molecule is Cl.O=C(O)N[C@@H]1CN[C@H](CO)C1. The number of rotatable bonds is 2. The summed E-state index contributed by atoms with van der Waals surface area (Å²) in [6.07, 6.45) is -0.335. The van der Waals surface area contributed by atoms with Gasteiger partial charge in [-0.2, -0.15) is 0 Å². The molecule has 2 atom stereocenters. The summed E-state index contributed by atoms with van der Waals surface area (Å²) in [6, 6.07) is -0.00324. The van der Waals surface area contributed by atoms with Crippen molar-refractivity contribution in [2.45, 2.75) is 18.5 Å². The van der Waals surface area contributed by atoms with Gasteiger partial charge in [-0.15, -0.1) is 12.4 Å². The first kappa shape index (κ1) is 11.5. The van der Waals surface area contributed by atoms with Gasteiger partial charge in [0.25, 0.3) is 0 Å². The molecule has 0 aromatic carbocycles. The van der Waals surface area contributed by atoms with Gasteiger partial charge in [0.1, 0.15) is 0 Å². The summed E-state index contributed by atoms with van der Waals surface area (Å²) in [4.78, 5) is 10.1. The Hall–Kier alpha value is -0.520. The highest BCUT2D eigenvalue weighted by molar-refractivity contribution is 5.85. The largest absolute Gasteiger partial charge is 0.465 e. The molecule has 4 N–H and O–H groups in total. The average Bonchev–Trinajstić information content (AvgIpc) is 2.34. The minimum atomic E-state index is -1.00. The maximum absolute atomic E-state index is 10.1. The predicted octanol–water partition coefficient (Wildman–Crippen LogP) is -0.601. The topological polar surface area (TPSA) is 81.6 Å². The molecule has 0 bridgehead atoms.